The largest absolute Gasteiger partial charge is 0.356 e. The van der Waals surface area contributed by atoms with E-state index in [1.54, 1.807) is 11.3 Å². The molecule has 8 heteroatoms. The number of carbonyl (C=O) groups is 1. The topological polar surface area (TPSA) is 66.9 Å². The van der Waals surface area contributed by atoms with E-state index in [-0.39, 0.29) is 5.91 Å². The van der Waals surface area contributed by atoms with E-state index in [2.05, 4.69) is 46.0 Å². The Morgan fingerprint density at radius 3 is 2.76 bits per heavy atom. The van der Waals surface area contributed by atoms with Gasteiger partial charge in [0.25, 0.3) is 0 Å². The number of nitrogens with one attached hydrogen (secondary N) is 2. The number of anilines is 1. The Bertz CT molecular complexity index is 816. The van der Waals surface area contributed by atoms with Crippen LogP contribution in [0.1, 0.15) is 16.0 Å². The Balaban J connectivity index is 1.40. The number of hydrogen-bond donors (Lipinski definition) is 2. The van der Waals surface area contributed by atoms with Crippen molar-refractivity contribution in [2.24, 2.45) is 0 Å². The van der Waals surface area contributed by atoms with Crippen molar-refractivity contribution in [1.82, 2.24) is 15.5 Å². The number of nitrogens with zero attached hydrogens (tertiary/aromatic N) is 2. The lowest BCUT2D eigenvalue weighted by Gasteiger charge is -2.03. The Morgan fingerprint density at radius 1 is 1.16 bits per heavy atom. The van der Waals surface area contributed by atoms with Crippen LogP contribution in [0.15, 0.2) is 46.1 Å². The molecule has 3 rings (SSSR count). The molecular formula is C17H18N4OS3. The van der Waals surface area contributed by atoms with E-state index in [1.165, 1.54) is 39.1 Å². The highest BCUT2D eigenvalue weighted by Crippen LogP contribution is 2.25. The van der Waals surface area contributed by atoms with E-state index in [0.29, 0.717) is 18.8 Å². The molecule has 2 N–H and O–H groups in total. The molecule has 0 fully saturated rings. The lowest BCUT2D eigenvalue weighted by atomic mass is 10.2. The van der Waals surface area contributed by atoms with Crippen molar-refractivity contribution in [3.05, 3.63) is 57.8 Å². The molecule has 0 atom stereocenters. The normalized spacial score (nSPS) is 10.6. The fourth-order valence-electron chi connectivity index (χ4n) is 2.06. The fraction of sp³-hybridized carbons (Fsp3) is 0.235. The highest BCUT2D eigenvalue weighted by molar-refractivity contribution is 8.01. The first-order valence-corrected chi connectivity index (χ1v) is 10.4. The van der Waals surface area contributed by atoms with Crippen LogP contribution in [0, 0.1) is 6.92 Å². The van der Waals surface area contributed by atoms with Crippen molar-refractivity contribution in [2.45, 2.75) is 24.4 Å². The van der Waals surface area contributed by atoms with Gasteiger partial charge in [-0.2, -0.15) is 0 Å². The van der Waals surface area contributed by atoms with Crippen molar-refractivity contribution < 1.29 is 4.79 Å². The van der Waals surface area contributed by atoms with Crippen LogP contribution in [0.5, 0.6) is 0 Å². The summed E-state index contributed by atoms with van der Waals surface area (Å²) in [4.78, 5) is 13.1. The zero-order chi connectivity index (χ0) is 17.5. The van der Waals surface area contributed by atoms with Crippen LogP contribution in [0.3, 0.4) is 0 Å². The third kappa shape index (κ3) is 5.55. The Hall–Kier alpha value is -1.90. The number of rotatable bonds is 8. The summed E-state index contributed by atoms with van der Waals surface area (Å²) >= 11 is 4.54. The van der Waals surface area contributed by atoms with Gasteiger partial charge < -0.3 is 10.6 Å². The van der Waals surface area contributed by atoms with Gasteiger partial charge in [-0.25, -0.2) is 0 Å². The van der Waals surface area contributed by atoms with Crippen molar-refractivity contribution in [3.8, 4) is 0 Å². The van der Waals surface area contributed by atoms with Crippen LogP contribution in [-0.2, 0) is 17.9 Å². The standard InChI is InChI=1S/C17H18N4OS3/c1-12-7-8-23-14(12)10-18-15(22)11-24-17-21-20-16(25-17)19-9-13-5-3-2-4-6-13/h2-8H,9-11H2,1H3,(H,18,22)(H,19,20). The van der Waals surface area contributed by atoms with Gasteiger partial charge in [0.1, 0.15) is 0 Å². The molecule has 0 aliphatic heterocycles. The van der Waals surface area contributed by atoms with Gasteiger partial charge in [0.15, 0.2) is 4.34 Å². The van der Waals surface area contributed by atoms with Crippen LogP contribution in [-0.4, -0.2) is 21.9 Å². The summed E-state index contributed by atoms with van der Waals surface area (Å²) in [6.45, 7) is 3.35. The third-order valence-electron chi connectivity index (χ3n) is 3.43. The van der Waals surface area contributed by atoms with Crippen molar-refractivity contribution in [2.75, 3.05) is 11.1 Å². The van der Waals surface area contributed by atoms with Crippen LogP contribution in [0.2, 0.25) is 0 Å². The van der Waals surface area contributed by atoms with Crippen LogP contribution in [0.25, 0.3) is 0 Å². The Kier molecular flexibility index (Phi) is 6.43. The number of amides is 1. The second-order valence-corrected chi connectivity index (χ2v) is 8.51. The van der Waals surface area contributed by atoms with E-state index < -0.39 is 0 Å². The highest BCUT2D eigenvalue weighted by atomic mass is 32.2. The lowest BCUT2D eigenvalue weighted by Crippen LogP contribution is -2.24. The minimum Gasteiger partial charge on any atom is -0.356 e. The minimum absolute atomic E-state index is 0.00629. The maximum absolute atomic E-state index is 12.0. The Morgan fingerprint density at radius 2 is 2.00 bits per heavy atom. The molecule has 2 aromatic heterocycles. The molecule has 25 heavy (non-hydrogen) atoms. The molecule has 0 saturated carbocycles. The average molecular weight is 391 g/mol. The summed E-state index contributed by atoms with van der Waals surface area (Å²) in [5, 5.41) is 17.2. The Labute approximate surface area is 158 Å². The predicted molar refractivity (Wildman–Crippen MR) is 105 cm³/mol. The minimum atomic E-state index is 0.00629. The van der Waals surface area contributed by atoms with E-state index in [0.717, 1.165) is 9.47 Å². The zero-order valence-electron chi connectivity index (χ0n) is 13.7. The van der Waals surface area contributed by atoms with Gasteiger partial charge in [-0.15, -0.1) is 21.5 Å². The number of hydrogen-bond acceptors (Lipinski definition) is 7. The van der Waals surface area contributed by atoms with Gasteiger partial charge in [-0.05, 0) is 29.5 Å². The van der Waals surface area contributed by atoms with Crippen molar-refractivity contribution >= 4 is 45.5 Å². The van der Waals surface area contributed by atoms with Crippen LogP contribution < -0.4 is 10.6 Å². The quantitative estimate of drug-likeness (QED) is 0.571. The molecule has 3 aromatic rings. The highest BCUT2D eigenvalue weighted by Gasteiger charge is 2.09. The maximum atomic E-state index is 12.0. The molecular weight excluding hydrogens is 372 g/mol. The first kappa shape index (κ1) is 17.9. The van der Waals surface area contributed by atoms with E-state index in [9.17, 15) is 4.79 Å². The van der Waals surface area contributed by atoms with Crippen molar-refractivity contribution in [1.29, 1.82) is 0 Å². The van der Waals surface area contributed by atoms with Crippen molar-refractivity contribution in [3.63, 3.8) is 0 Å². The molecule has 0 bridgehead atoms. The van der Waals surface area contributed by atoms with Gasteiger partial charge in [-0.3, -0.25) is 4.79 Å². The van der Waals surface area contributed by atoms with E-state index >= 15 is 0 Å². The van der Waals surface area contributed by atoms with Gasteiger partial charge in [0, 0.05) is 11.4 Å². The predicted octanol–water partition coefficient (Wildman–Crippen LogP) is 3.93. The molecule has 0 spiro atoms. The van der Waals surface area contributed by atoms with Gasteiger partial charge in [0.2, 0.25) is 11.0 Å². The number of benzene rings is 1. The average Bonchev–Trinajstić information content (AvgIpc) is 3.26. The molecule has 0 aliphatic carbocycles. The second-order valence-electron chi connectivity index (χ2n) is 5.30. The number of thiophene rings is 1. The molecule has 0 aliphatic rings. The number of carbonyl (C=O) groups excluding carboxylic acids is 1. The fourth-order valence-corrected chi connectivity index (χ4v) is 4.48. The summed E-state index contributed by atoms with van der Waals surface area (Å²) in [6.07, 6.45) is 0. The molecule has 0 unspecified atom stereocenters. The molecule has 0 saturated heterocycles. The van der Waals surface area contributed by atoms with Gasteiger partial charge in [0.05, 0.1) is 12.3 Å². The van der Waals surface area contributed by atoms with E-state index in [1.807, 2.05) is 23.6 Å². The number of aryl methyl sites for hydroxylation is 1. The van der Waals surface area contributed by atoms with E-state index in [4.69, 9.17) is 0 Å². The number of thioether (sulfide) groups is 1. The summed E-state index contributed by atoms with van der Waals surface area (Å²) in [5.41, 5.74) is 2.41. The third-order valence-corrected chi connectivity index (χ3v) is 6.47. The SMILES string of the molecule is Cc1ccsc1CNC(=O)CSc1nnc(NCc2ccccc2)s1. The smallest absolute Gasteiger partial charge is 0.230 e. The lowest BCUT2D eigenvalue weighted by molar-refractivity contribution is -0.118. The summed E-state index contributed by atoms with van der Waals surface area (Å²) in [6, 6.07) is 12.2. The summed E-state index contributed by atoms with van der Waals surface area (Å²) in [5.74, 6) is 0.351. The summed E-state index contributed by atoms with van der Waals surface area (Å²) in [7, 11) is 0. The molecule has 1 aromatic carbocycles. The molecule has 1 amide bonds. The molecule has 0 radical (unpaired) electrons. The van der Waals surface area contributed by atoms with Crippen LogP contribution in [0.4, 0.5) is 5.13 Å². The summed E-state index contributed by atoms with van der Waals surface area (Å²) < 4.78 is 0.790. The van der Waals surface area contributed by atoms with Gasteiger partial charge in [-0.1, -0.05) is 53.4 Å². The van der Waals surface area contributed by atoms with Crippen LogP contribution >= 0.6 is 34.4 Å². The zero-order valence-corrected chi connectivity index (χ0v) is 16.1. The maximum Gasteiger partial charge on any atom is 0.230 e. The second kappa shape index (κ2) is 8.98. The van der Waals surface area contributed by atoms with Gasteiger partial charge >= 0.3 is 0 Å². The number of aromatic nitrogens is 2. The molecule has 5 nitrogen and oxygen atoms in total. The first-order valence-electron chi connectivity index (χ1n) is 7.74. The monoisotopic (exact) mass is 390 g/mol. The first-order chi connectivity index (χ1) is 12.2. The molecule has 2 heterocycles. The molecule has 130 valence electrons.